The first-order chi connectivity index (χ1) is 10.0. The second-order valence-corrected chi connectivity index (χ2v) is 5.69. The molecule has 112 valence electrons. The summed E-state index contributed by atoms with van der Waals surface area (Å²) in [6.45, 7) is 5.10. The van der Waals surface area contributed by atoms with Crippen LogP contribution in [-0.4, -0.2) is 21.3 Å². The highest BCUT2D eigenvalue weighted by atomic mass is 32.2. The highest BCUT2D eigenvalue weighted by Crippen LogP contribution is 2.25. The number of hydrogen-bond acceptors (Lipinski definition) is 5. The van der Waals surface area contributed by atoms with Crippen molar-refractivity contribution in [3.05, 3.63) is 50.5 Å². The second kappa shape index (κ2) is 6.73. The summed E-state index contributed by atoms with van der Waals surface area (Å²) in [7, 11) is 1.65. The van der Waals surface area contributed by atoms with E-state index in [1.807, 2.05) is 24.3 Å². The summed E-state index contributed by atoms with van der Waals surface area (Å²) >= 11 is 1.33. The standard InChI is InChI=1S/C14H18N4O2S/c1-4-15-9(2)10-5-7-11(8-6-10)21-14-16-12(19)13(20)17-18(14)3/h5-9,15H,4H2,1-3H3,(H,17,20). The maximum atomic E-state index is 11.3. The molecular weight excluding hydrogens is 288 g/mol. The molecule has 6 nitrogen and oxygen atoms in total. The van der Waals surface area contributed by atoms with Gasteiger partial charge in [-0.2, -0.15) is 4.98 Å². The van der Waals surface area contributed by atoms with Crippen molar-refractivity contribution >= 4 is 11.8 Å². The molecule has 21 heavy (non-hydrogen) atoms. The minimum absolute atomic E-state index is 0.296. The van der Waals surface area contributed by atoms with Gasteiger partial charge in [0.2, 0.25) is 0 Å². The van der Waals surface area contributed by atoms with Crippen molar-refractivity contribution in [1.29, 1.82) is 0 Å². The van der Waals surface area contributed by atoms with Gasteiger partial charge in [-0.3, -0.25) is 19.4 Å². The Labute approximate surface area is 126 Å². The third-order valence-electron chi connectivity index (χ3n) is 3.05. The van der Waals surface area contributed by atoms with E-state index < -0.39 is 11.1 Å². The largest absolute Gasteiger partial charge is 0.339 e. The van der Waals surface area contributed by atoms with Gasteiger partial charge in [0.1, 0.15) is 0 Å². The fourth-order valence-corrected chi connectivity index (χ4v) is 2.70. The molecule has 2 N–H and O–H groups in total. The first-order valence-electron chi connectivity index (χ1n) is 6.69. The van der Waals surface area contributed by atoms with Gasteiger partial charge in [-0.1, -0.05) is 30.8 Å². The molecule has 1 heterocycles. The van der Waals surface area contributed by atoms with Gasteiger partial charge in [0.05, 0.1) is 0 Å². The second-order valence-electron chi connectivity index (χ2n) is 4.65. The van der Waals surface area contributed by atoms with Gasteiger partial charge in [0.25, 0.3) is 0 Å². The Kier molecular flexibility index (Phi) is 4.98. The summed E-state index contributed by atoms with van der Waals surface area (Å²) in [6.07, 6.45) is 0. The third-order valence-corrected chi connectivity index (χ3v) is 4.10. The van der Waals surface area contributed by atoms with Crippen LogP contribution in [0.25, 0.3) is 0 Å². The first-order valence-corrected chi connectivity index (χ1v) is 7.51. The van der Waals surface area contributed by atoms with Crippen molar-refractivity contribution < 1.29 is 0 Å². The van der Waals surface area contributed by atoms with Crippen LogP contribution in [0.4, 0.5) is 0 Å². The predicted molar refractivity (Wildman–Crippen MR) is 82.8 cm³/mol. The van der Waals surface area contributed by atoms with Crippen molar-refractivity contribution in [1.82, 2.24) is 20.1 Å². The molecule has 1 unspecified atom stereocenters. The number of aromatic nitrogens is 3. The van der Waals surface area contributed by atoms with Crippen molar-refractivity contribution in [2.24, 2.45) is 7.05 Å². The highest BCUT2D eigenvalue weighted by Gasteiger charge is 2.07. The smallest absolute Gasteiger partial charge is 0.310 e. The number of nitrogens with one attached hydrogen (secondary N) is 2. The lowest BCUT2D eigenvalue weighted by Crippen LogP contribution is -2.33. The number of nitrogens with zero attached hydrogens (tertiary/aromatic N) is 2. The van der Waals surface area contributed by atoms with Gasteiger partial charge in [-0.25, -0.2) is 0 Å². The lowest BCUT2D eigenvalue weighted by atomic mass is 10.1. The molecule has 2 aromatic rings. The molecule has 0 bridgehead atoms. The quantitative estimate of drug-likeness (QED) is 0.814. The van der Waals surface area contributed by atoms with E-state index in [0.717, 1.165) is 11.4 Å². The average molecular weight is 306 g/mol. The van der Waals surface area contributed by atoms with E-state index >= 15 is 0 Å². The summed E-state index contributed by atoms with van der Waals surface area (Å²) in [4.78, 5) is 27.2. The van der Waals surface area contributed by atoms with Crippen molar-refractivity contribution in [3.63, 3.8) is 0 Å². The minimum Gasteiger partial charge on any atom is -0.310 e. The van der Waals surface area contributed by atoms with Crippen LogP contribution in [0.5, 0.6) is 0 Å². The van der Waals surface area contributed by atoms with E-state index in [0.29, 0.717) is 11.2 Å². The Hall–Kier alpha value is -1.86. The summed E-state index contributed by atoms with van der Waals surface area (Å²) in [5.74, 6) is 0. The van der Waals surface area contributed by atoms with Crippen LogP contribution in [0.2, 0.25) is 0 Å². The molecule has 0 fully saturated rings. The molecule has 1 aromatic heterocycles. The summed E-state index contributed by atoms with van der Waals surface area (Å²) < 4.78 is 1.45. The van der Waals surface area contributed by atoms with Crippen LogP contribution in [0.3, 0.4) is 0 Å². The molecule has 0 radical (unpaired) electrons. The third kappa shape index (κ3) is 3.83. The zero-order valence-corrected chi connectivity index (χ0v) is 13.0. The van der Waals surface area contributed by atoms with Gasteiger partial charge < -0.3 is 5.32 Å². The zero-order chi connectivity index (χ0) is 15.4. The minimum atomic E-state index is -0.770. The SMILES string of the molecule is CCNC(C)c1ccc(Sc2nc(=O)c(=O)[nH]n2C)cc1. The number of aromatic amines is 1. The molecule has 0 amide bonds. The zero-order valence-electron chi connectivity index (χ0n) is 12.2. The lowest BCUT2D eigenvalue weighted by Gasteiger charge is -2.13. The molecule has 0 saturated carbocycles. The van der Waals surface area contributed by atoms with Crippen LogP contribution in [-0.2, 0) is 7.05 Å². The first kappa shape index (κ1) is 15.5. The summed E-state index contributed by atoms with van der Waals surface area (Å²) in [5.41, 5.74) is -0.283. The fraction of sp³-hybridized carbons (Fsp3) is 0.357. The molecule has 7 heteroatoms. The Bertz CT molecular complexity index is 721. The molecule has 0 saturated heterocycles. The average Bonchev–Trinajstić information content (AvgIpc) is 2.46. The van der Waals surface area contributed by atoms with Crippen LogP contribution < -0.4 is 16.4 Å². The van der Waals surface area contributed by atoms with Crippen LogP contribution >= 0.6 is 11.8 Å². The van der Waals surface area contributed by atoms with Crippen molar-refractivity contribution in [2.75, 3.05) is 6.54 Å². The molecule has 0 aliphatic rings. The number of rotatable bonds is 5. The number of hydrogen-bond donors (Lipinski definition) is 2. The number of H-pyrrole nitrogens is 1. The van der Waals surface area contributed by atoms with Gasteiger partial charge >= 0.3 is 11.1 Å². The van der Waals surface area contributed by atoms with E-state index in [2.05, 4.69) is 29.2 Å². The maximum Gasteiger partial charge on any atom is 0.339 e. The maximum absolute atomic E-state index is 11.3. The molecule has 1 atom stereocenters. The van der Waals surface area contributed by atoms with Crippen LogP contribution in [0.15, 0.2) is 43.9 Å². The molecule has 1 aromatic carbocycles. The van der Waals surface area contributed by atoms with E-state index in [4.69, 9.17) is 0 Å². The molecule has 2 rings (SSSR count). The Morgan fingerprint density at radius 3 is 2.62 bits per heavy atom. The lowest BCUT2D eigenvalue weighted by molar-refractivity contribution is 0.595. The van der Waals surface area contributed by atoms with E-state index in [9.17, 15) is 9.59 Å². The highest BCUT2D eigenvalue weighted by molar-refractivity contribution is 7.99. The monoisotopic (exact) mass is 306 g/mol. The van der Waals surface area contributed by atoms with E-state index in [1.54, 1.807) is 7.05 Å². The molecule has 0 aliphatic carbocycles. The van der Waals surface area contributed by atoms with Crippen molar-refractivity contribution in [3.8, 4) is 0 Å². The van der Waals surface area contributed by atoms with Gasteiger partial charge in [-0.05, 0) is 31.2 Å². The molecule has 0 aliphatic heterocycles. The Balaban J connectivity index is 2.19. The Morgan fingerprint density at radius 2 is 2.00 bits per heavy atom. The summed E-state index contributed by atoms with van der Waals surface area (Å²) in [5, 5.41) is 6.23. The van der Waals surface area contributed by atoms with Crippen LogP contribution in [0, 0.1) is 0 Å². The fourth-order valence-electron chi connectivity index (χ4n) is 1.91. The Morgan fingerprint density at radius 1 is 1.33 bits per heavy atom. The van der Waals surface area contributed by atoms with E-state index in [1.165, 1.54) is 22.0 Å². The van der Waals surface area contributed by atoms with E-state index in [-0.39, 0.29) is 0 Å². The van der Waals surface area contributed by atoms with Gasteiger partial charge in [0.15, 0.2) is 5.16 Å². The number of benzene rings is 1. The molecular formula is C14H18N4O2S. The van der Waals surface area contributed by atoms with Crippen molar-refractivity contribution in [2.45, 2.75) is 29.9 Å². The van der Waals surface area contributed by atoms with Gasteiger partial charge in [0, 0.05) is 18.0 Å². The number of aryl methyl sites for hydroxylation is 1. The normalized spacial score (nSPS) is 12.3. The topological polar surface area (TPSA) is 79.8 Å². The van der Waals surface area contributed by atoms with Gasteiger partial charge in [-0.15, -0.1) is 0 Å². The van der Waals surface area contributed by atoms with Crippen LogP contribution in [0.1, 0.15) is 25.5 Å². The predicted octanol–water partition coefficient (Wildman–Crippen LogP) is 1.29. The molecule has 0 spiro atoms. The summed E-state index contributed by atoms with van der Waals surface area (Å²) in [6, 6.07) is 8.33.